The highest BCUT2D eigenvalue weighted by molar-refractivity contribution is 6.00. The second-order valence-electron chi connectivity index (χ2n) is 5.39. The monoisotopic (exact) mass is 356 g/mol. The van der Waals surface area contributed by atoms with Crippen molar-refractivity contribution in [1.82, 2.24) is 15.2 Å². The van der Waals surface area contributed by atoms with E-state index < -0.39 is 17.5 Å². The SMILES string of the molecule is Cc1nnc(C(=O)Nc2ccc(-c3nc4ccc(F)c(F)c4o3)cc2)o1. The molecule has 0 bridgehead atoms. The van der Waals surface area contributed by atoms with Gasteiger partial charge in [0.2, 0.25) is 17.6 Å². The van der Waals surface area contributed by atoms with E-state index >= 15 is 0 Å². The zero-order valence-electron chi connectivity index (χ0n) is 13.3. The number of amides is 1. The maximum atomic E-state index is 13.7. The number of rotatable bonds is 3. The van der Waals surface area contributed by atoms with Crippen molar-refractivity contribution in [1.29, 1.82) is 0 Å². The van der Waals surface area contributed by atoms with Crippen molar-refractivity contribution in [3.63, 3.8) is 0 Å². The number of nitrogens with zero attached hydrogens (tertiary/aromatic N) is 3. The first-order valence-electron chi connectivity index (χ1n) is 7.48. The van der Waals surface area contributed by atoms with Crippen molar-refractivity contribution in [3.8, 4) is 11.5 Å². The molecule has 2 aromatic heterocycles. The molecule has 9 heteroatoms. The van der Waals surface area contributed by atoms with Crippen LogP contribution in [-0.2, 0) is 0 Å². The first-order chi connectivity index (χ1) is 12.5. The second-order valence-corrected chi connectivity index (χ2v) is 5.39. The Morgan fingerprint density at radius 2 is 1.81 bits per heavy atom. The number of fused-ring (bicyclic) bond motifs is 1. The lowest BCUT2D eigenvalue weighted by atomic mass is 10.2. The Hall–Kier alpha value is -3.62. The molecule has 0 aliphatic rings. The van der Waals surface area contributed by atoms with Crippen LogP contribution >= 0.6 is 0 Å². The van der Waals surface area contributed by atoms with Gasteiger partial charge in [-0.1, -0.05) is 0 Å². The molecular weight excluding hydrogens is 346 g/mol. The van der Waals surface area contributed by atoms with E-state index in [2.05, 4.69) is 20.5 Å². The molecule has 26 heavy (non-hydrogen) atoms. The van der Waals surface area contributed by atoms with Gasteiger partial charge < -0.3 is 14.2 Å². The van der Waals surface area contributed by atoms with Gasteiger partial charge in [-0.2, -0.15) is 4.39 Å². The minimum Gasteiger partial charge on any atom is -0.433 e. The molecule has 1 amide bonds. The summed E-state index contributed by atoms with van der Waals surface area (Å²) in [5.41, 5.74) is 0.975. The number of nitrogens with one attached hydrogen (secondary N) is 1. The molecule has 130 valence electrons. The van der Waals surface area contributed by atoms with E-state index in [1.54, 1.807) is 31.2 Å². The summed E-state index contributed by atoms with van der Waals surface area (Å²) in [6.45, 7) is 1.58. The summed E-state index contributed by atoms with van der Waals surface area (Å²) in [5.74, 6) is -2.37. The van der Waals surface area contributed by atoms with E-state index in [4.69, 9.17) is 8.83 Å². The molecule has 0 aliphatic carbocycles. The van der Waals surface area contributed by atoms with Crippen LogP contribution in [-0.4, -0.2) is 21.1 Å². The number of oxazole rings is 1. The van der Waals surface area contributed by atoms with Crippen LogP contribution in [0, 0.1) is 18.6 Å². The number of benzene rings is 2. The first kappa shape index (κ1) is 15.9. The standard InChI is InChI=1S/C17H10F2N4O3/c1-8-22-23-17(25-8)15(24)20-10-4-2-9(3-5-10)16-21-12-7-6-11(18)13(19)14(12)26-16/h2-7H,1H3,(H,20,24). The average Bonchev–Trinajstić information content (AvgIpc) is 3.26. The van der Waals surface area contributed by atoms with E-state index in [9.17, 15) is 13.6 Å². The van der Waals surface area contributed by atoms with Gasteiger partial charge in [-0.05, 0) is 36.4 Å². The maximum absolute atomic E-state index is 13.7. The molecule has 0 unspecified atom stereocenters. The number of carbonyl (C=O) groups is 1. The molecule has 2 heterocycles. The minimum absolute atomic E-state index is 0.134. The zero-order chi connectivity index (χ0) is 18.3. The van der Waals surface area contributed by atoms with Crippen LogP contribution in [0.2, 0.25) is 0 Å². The molecule has 1 N–H and O–H groups in total. The van der Waals surface area contributed by atoms with Crippen LogP contribution in [0.15, 0.2) is 45.2 Å². The molecular formula is C17H10F2N4O3. The molecule has 0 radical (unpaired) electrons. The second kappa shape index (κ2) is 6.03. The highest BCUT2D eigenvalue weighted by Crippen LogP contribution is 2.28. The third kappa shape index (κ3) is 2.79. The summed E-state index contributed by atoms with van der Waals surface area (Å²) in [6, 6.07) is 8.76. The summed E-state index contributed by atoms with van der Waals surface area (Å²) >= 11 is 0. The van der Waals surface area contributed by atoms with Gasteiger partial charge in [0, 0.05) is 18.2 Å². The lowest BCUT2D eigenvalue weighted by molar-refractivity contribution is 0.0989. The van der Waals surface area contributed by atoms with Crippen molar-refractivity contribution in [2.24, 2.45) is 0 Å². The fourth-order valence-corrected chi connectivity index (χ4v) is 2.33. The molecule has 4 aromatic rings. The Morgan fingerprint density at radius 3 is 2.50 bits per heavy atom. The Morgan fingerprint density at radius 1 is 1.04 bits per heavy atom. The Balaban J connectivity index is 1.58. The zero-order valence-corrected chi connectivity index (χ0v) is 13.3. The summed E-state index contributed by atoms with van der Waals surface area (Å²) in [7, 11) is 0. The van der Waals surface area contributed by atoms with Crippen LogP contribution < -0.4 is 5.32 Å². The third-order valence-corrected chi connectivity index (χ3v) is 3.56. The van der Waals surface area contributed by atoms with E-state index in [1.165, 1.54) is 6.07 Å². The van der Waals surface area contributed by atoms with Gasteiger partial charge in [0.05, 0.1) is 0 Å². The normalized spacial score (nSPS) is 11.0. The Bertz CT molecular complexity index is 1120. The summed E-state index contributed by atoms with van der Waals surface area (Å²) in [4.78, 5) is 16.1. The van der Waals surface area contributed by atoms with E-state index in [0.29, 0.717) is 11.3 Å². The van der Waals surface area contributed by atoms with Crippen LogP contribution in [0.5, 0.6) is 0 Å². The van der Waals surface area contributed by atoms with Gasteiger partial charge in [-0.25, -0.2) is 9.37 Å². The van der Waals surface area contributed by atoms with Crippen molar-refractivity contribution < 1.29 is 22.4 Å². The van der Waals surface area contributed by atoms with Crippen LogP contribution in [0.4, 0.5) is 14.5 Å². The lowest BCUT2D eigenvalue weighted by Gasteiger charge is -2.02. The molecule has 0 aliphatic heterocycles. The van der Waals surface area contributed by atoms with E-state index in [1.807, 2.05) is 0 Å². The quantitative estimate of drug-likeness (QED) is 0.601. The fourth-order valence-electron chi connectivity index (χ4n) is 2.33. The summed E-state index contributed by atoms with van der Waals surface area (Å²) in [6.07, 6.45) is 0. The fraction of sp³-hybridized carbons (Fsp3) is 0.0588. The number of aromatic nitrogens is 3. The van der Waals surface area contributed by atoms with Gasteiger partial charge in [0.1, 0.15) is 5.52 Å². The molecule has 7 nitrogen and oxygen atoms in total. The first-order valence-corrected chi connectivity index (χ1v) is 7.48. The van der Waals surface area contributed by atoms with Gasteiger partial charge in [0.25, 0.3) is 0 Å². The molecule has 4 rings (SSSR count). The van der Waals surface area contributed by atoms with Crippen LogP contribution in [0.25, 0.3) is 22.6 Å². The van der Waals surface area contributed by atoms with Gasteiger partial charge >= 0.3 is 11.8 Å². The highest BCUT2D eigenvalue weighted by Gasteiger charge is 2.16. The number of anilines is 1. The minimum atomic E-state index is -1.08. The molecule has 0 spiro atoms. The molecule has 0 atom stereocenters. The highest BCUT2D eigenvalue weighted by atomic mass is 19.2. The summed E-state index contributed by atoms with van der Waals surface area (Å²) in [5, 5.41) is 9.81. The van der Waals surface area contributed by atoms with Gasteiger partial charge in [-0.3, -0.25) is 4.79 Å². The predicted octanol–water partition coefficient (Wildman–Crippen LogP) is 3.72. The van der Waals surface area contributed by atoms with Crippen LogP contribution in [0.3, 0.4) is 0 Å². The summed E-state index contributed by atoms with van der Waals surface area (Å²) < 4.78 is 37.3. The van der Waals surface area contributed by atoms with Crippen molar-refractivity contribution in [3.05, 3.63) is 59.8 Å². The van der Waals surface area contributed by atoms with E-state index in [-0.39, 0.29) is 28.8 Å². The Labute approximate surface area is 144 Å². The number of hydrogen-bond acceptors (Lipinski definition) is 6. The largest absolute Gasteiger partial charge is 0.433 e. The van der Waals surface area contributed by atoms with E-state index in [0.717, 1.165) is 6.07 Å². The van der Waals surface area contributed by atoms with Gasteiger partial charge in [0.15, 0.2) is 11.4 Å². The maximum Gasteiger partial charge on any atom is 0.313 e. The Kier molecular flexibility index (Phi) is 3.68. The molecule has 0 fully saturated rings. The molecule has 0 saturated heterocycles. The smallest absolute Gasteiger partial charge is 0.313 e. The van der Waals surface area contributed by atoms with Crippen LogP contribution in [0.1, 0.15) is 16.6 Å². The number of carbonyl (C=O) groups excluding carboxylic acids is 1. The number of aryl methyl sites for hydroxylation is 1. The predicted molar refractivity (Wildman–Crippen MR) is 86.3 cm³/mol. The van der Waals surface area contributed by atoms with Crippen molar-refractivity contribution in [2.75, 3.05) is 5.32 Å². The third-order valence-electron chi connectivity index (χ3n) is 3.56. The van der Waals surface area contributed by atoms with Gasteiger partial charge in [-0.15, -0.1) is 10.2 Å². The van der Waals surface area contributed by atoms with Crippen molar-refractivity contribution in [2.45, 2.75) is 6.92 Å². The number of halogens is 2. The molecule has 0 saturated carbocycles. The molecule has 2 aromatic carbocycles. The average molecular weight is 356 g/mol. The van der Waals surface area contributed by atoms with Crippen molar-refractivity contribution >= 4 is 22.7 Å². The topological polar surface area (TPSA) is 94.1 Å². The number of hydrogen-bond donors (Lipinski definition) is 1. The lowest BCUT2D eigenvalue weighted by Crippen LogP contribution is -2.12.